The number of carbonyl (C=O) groups is 1. The van der Waals surface area contributed by atoms with Gasteiger partial charge in [0.25, 0.3) is 0 Å². The first-order chi connectivity index (χ1) is 13.1. The van der Waals surface area contributed by atoms with Gasteiger partial charge in [0.2, 0.25) is 0 Å². The van der Waals surface area contributed by atoms with E-state index < -0.39 is 0 Å². The van der Waals surface area contributed by atoms with Crippen LogP contribution in [0.2, 0.25) is 10.0 Å². The van der Waals surface area contributed by atoms with Crippen molar-refractivity contribution in [2.24, 2.45) is 11.8 Å². The topological polar surface area (TPSA) is 52.3 Å². The summed E-state index contributed by atoms with van der Waals surface area (Å²) in [6, 6.07) is 5.44. The van der Waals surface area contributed by atoms with Crippen molar-refractivity contribution in [1.82, 2.24) is 5.16 Å². The minimum Gasteiger partial charge on any atom is -0.373 e. The summed E-state index contributed by atoms with van der Waals surface area (Å²) in [7, 11) is 0. The minimum atomic E-state index is 0.122. The zero-order valence-corrected chi connectivity index (χ0v) is 16.4. The number of fused-ring (bicyclic) bond motifs is 2. The average Bonchev–Trinajstić information content (AvgIpc) is 3.38. The minimum absolute atomic E-state index is 0.122. The summed E-state index contributed by atoms with van der Waals surface area (Å²) in [4.78, 5) is 12.1. The molecule has 1 aromatic carbocycles. The molecule has 3 fully saturated rings. The third-order valence-corrected chi connectivity index (χ3v) is 6.82. The summed E-state index contributed by atoms with van der Waals surface area (Å²) in [6.07, 6.45) is 6.05. The van der Waals surface area contributed by atoms with Crippen LogP contribution in [0.3, 0.4) is 0 Å². The van der Waals surface area contributed by atoms with Gasteiger partial charge in [-0.3, -0.25) is 4.79 Å². The molecule has 0 spiro atoms. The van der Waals surface area contributed by atoms with Crippen LogP contribution in [0.1, 0.15) is 55.8 Å². The average molecular weight is 406 g/mol. The molecule has 5 rings (SSSR count). The van der Waals surface area contributed by atoms with Gasteiger partial charge >= 0.3 is 0 Å². The number of rotatable bonds is 5. The molecule has 0 aliphatic heterocycles. The lowest BCUT2D eigenvalue weighted by atomic mass is 9.86. The van der Waals surface area contributed by atoms with Crippen LogP contribution in [0.4, 0.5) is 0 Å². The highest BCUT2D eigenvalue weighted by Crippen LogP contribution is 2.47. The van der Waals surface area contributed by atoms with Crippen LogP contribution < -0.4 is 0 Å². The number of aromatic nitrogens is 1. The van der Waals surface area contributed by atoms with Crippen LogP contribution in [0, 0.1) is 11.8 Å². The largest absolute Gasteiger partial charge is 0.373 e. The van der Waals surface area contributed by atoms with Gasteiger partial charge in [-0.2, -0.15) is 0 Å². The van der Waals surface area contributed by atoms with Gasteiger partial charge in [-0.25, -0.2) is 0 Å². The van der Waals surface area contributed by atoms with E-state index in [0.29, 0.717) is 39.6 Å². The Bertz CT molecular complexity index is 853. The van der Waals surface area contributed by atoms with Crippen molar-refractivity contribution in [3.8, 4) is 11.3 Å². The van der Waals surface area contributed by atoms with E-state index >= 15 is 0 Å². The molecule has 0 radical (unpaired) electrons. The normalized spacial score (nSPS) is 27.3. The zero-order chi connectivity index (χ0) is 18.5. The maximum atomic E-state index is 12.1. The van der Waals surface area contributed by atoms with Crippen molar-refractivity contribution in [2.45, 2.75) is 57.2 Å². The van der Waals surface area contributed by atoms with Crippen molar-refractivity contribution < 1.29 is 14.1 Å². The zero-order valence-electron chi connectivity index (χ0n) is 14.9. The van der Waals surface area contributed by atoms with Crippen LogP contribution >= 0.6 is 23.2 Å². The Morgan fingerprint density at radius 3 is 2.30 bits per heavy atom. The molecule has 2 bridgehead atoms. The molecule has 4 nitrogen and oxygen atoms in total. The summed E-state index contributed by atoms with van der Waals surface area (Å²) in [5, 5.41) is 5.42. The van der Waals surface area contributed by atoms with Crippen LogP contribution in [0.5, 0.6) is 0 Å². The number of Topliss-reactive ketones (excluding diaryl/α,β-unsaturated/α-hetero) is 1. The van der Waals surface area contributed by atoms with Gasteiger partial charge in [0.15, 0.2) is 0 Å². The lowest BCUT2D eigenvalue weighted by Crippen LogP contribution is -2.30. The highest BCUT2D eigenvalue weighted by Gasteiger charge is 2.42. The first-order valence-corrected chi connectivity index (χ1v) is 10.5. The molecule has 1 unspecified atom stereocenters. The molecule has 3 saturated carbocycles. The van der Waals surface area contributed by atoms with E-state index in [2.05, 4.69) is 5.16 Å². The number of ether oxygens (including phenoxy) is 1. The molecule has 1 aromatic heterocycles. The van der Waals surface area contributed by atoms with Gasteiger partial charge in [0, 0.05) is 28.9 Å². The molecule has 3 aliphatic rings. The molecular weight excluding hydrogens is 385 g/mol. The first-order valence-electron chi connectivity index (χ1n) is 9.70. The lowest BCUT2D eigenvalue weighted by Gasteiger charge is -2.26. The summed E-state index contributed by atoms with van der Waals surface area (Å²) < 4.78 is 12.0. The fourth-order valence-corrected chi connectivity index (χ4v) is 5.18. The number of halogens is 2. The molecule has 142 valence electrons. The fourth-order valence-electron chi connectivity index (χ4n) is 4.60. The second-order valence-electron chi connectivity index (χ2n) is 8.02. The van der Waals surface area contributed by atoms with E-state index in [9.17, 15) is 4.79 Å². The Hall–Kier alpha value is -1.36. The van der Waals surface area contributed by atoms with E-state index in [0.717, 1.165) is 49.8 Å². The molecule has 0 N–H and O–H groups in total. The van der Waals surface area contributed by atoms with Crippen LogP contribution in [0.25, 0.3) is 11.3 Å². The molecule has 27 heavy (non-hydrogen) atoms. The van der Waals surface area contributed by atoms with E-state index in [4.69, 9.17) is 32.5 Å². The van der Waals surface area contributed by atoms with Crippen LogP contribution in [-0.4, -0.2) is 17.0 Å². The van der Waals surface area contributed by atoms with E-state index in [1.54, 1.807) is 0 Å². The number of carbonyl (C=O) groups excluding carboxylic acids is 1. The van der Waals surface area contributed by atoms with Gasteiger partial charge in [0.05, 0.1) is 22.8 Å². The number of ketones is 1. The number of hydrogen-bond donors (Lipinski definition) is 0. The standard InChI is InChI=1S/C21H21Cl2NO3/c22-16-2-1-3-17(23)18(16)19-15(21(27-24-19)11-4-5-11)10-26-14-8-12-6-7-13(9-14)20(12)25/h1-3,11-14H,4-10H2/t12-,13+,14?. The number of nitrogens with zero attached hydrogens (tertiary/aromatic N) is 1. The Labute approximate surface area is 168 Å². The molecule has 0 saturated heterocycles. The van der Waals surface area contributed by atoms with Crippen molar-refractivity contribution in [3.05, 3.63) is 39.6 Å². The smallest absolute Gasteiger partial charge is 0.145 e. The quantitative estimate of drug-likeness (QED) is 0.630. The van der Waals surface area contributed by atoms with Gasteiger partial charge in [-0.15, -0.1) is 0 Å². The fraction of sp³-hybridized carbons (Fsp3) is 0.524. The number of hydrogen-bond acceptors (Lipinski definition) is 4. The summed E-state index contributed by atoms with van der Waals surface area (Å²) in [5.74, 6) is 2.14. The van der Waals surface area contributed by atoms with Crippen molar-refractivity contribution in [1.29, 1.82) is 0 Å². The van der Waals surface area contributed by atoms with Gasteiger partial charge < -0.3 is 9.26 Å². The summed E-state index contributed by atoms with van der Waals surface area (Å²) in [5.41, 5.74) is 2.34. The molecular formula is C21H21Cl2NO3. The van der Waals surface area contributed by atoms with Gasteiger partial charge in [-0.1, -0.05) is 34.4 Å². The summed E-state index contributed by atoms with van der Waals surface area (Å²) in [6.45, 7) is 0.421. The Morgan fingerprint density at radius 1 is 1.04 bits per heavy atom. The first kappa shape index (κ1) is 17.7. The van der Waals surface area contributed by atoms with Crippen molar-refractivity contribution >= 4 is 29.0 Å². The van der Waals surface area contributed by atoms with Crippen molar-refractivity contribution in [3.63, 3.8) is 0 Å². The molecule has 0 amide bonds. The molecule has 6 heteroatoms. The predicted octanol–water partition coefficient (Wildman–Crippen LogP) is 5.80. The van der Waals surface area contributed by atoms with Gasteiger partial charge in [0.1, 0.15) is 17.2 Å². The third-order valence-electron chi connectivity index (χ3n) is 6.19. The van der Waals surface area contributed by atoms with Gasteiger partial charge in [-0.05, 0) is 50.7 Å². The predicted molar refractivity (Wildman–Crippen MR) is 103 cm³/mol. The maximum absolute atomic E-state index is 12.1. The highest BCUT2D eigenvalue weighted by molar-refractivity contribution is 6.39. The molecule has 3 aliphatic carbocycles. The summed E-state index contributed by atoms with van der Waals surface area (Å²) >= 11 is 12.8. The van der Waals surface area contributed by atoms with Crippen LogP contribution in [-0.2, 0) is 16.1 Å². The Kier molecular flexibility index (Phi) is 4.53. The second-order valence-corrected chi connectivity index (χ2v) is 8.84. The van der Waals surface area contributed by atoms with E-state index in [1.807, 2.05) is 18.2 Å². The second kappa shape index (κ2) is 6.91. The molecule has 3 atom stereocenters. The SMILES string of the molecule is O=C1[C@@H]2CC[C@H]1CC(OCc1c(-c3c(Cl)cccc3Cl)noc1C1CC1)C2. The van der Waals surface area contributed by atoms with Crippen LogP contribution in [0.15, 0.2) is 22.7 Å². The van der Waals surface area contributed by atoms with E-state index in [1.165, 1.54) is 0 Å². The van der Waals surface area contributed by atoms with E-state index in [-0.39, 0.29) is 17.9 Å². The molecule has 1 heterocycles. The maximum Gasteiger partial charge on any atom is 0.145 e. The Morgan fingerprint density at radius 2 is 1.67 bits per heavy atom. The monoisotopic (exact) mass is 405 g/mol. The number of benzene rings is 1. The lowest BCUT2D eigenvalue weighted by molar-refractivity contribution is -0.130. The van der Waals surface area contributed by atoms with Crippen molar-refractivity contribution in [2.75, 3.05) is 0 Å². The highest BCUT2D eigenvalue weighted by atomic mass is 35.5. The third kappa shape index (κ3) is 3.22. The Balaban J connectivity index is 1.42. The molecule has 2 aromatic rings.